The Hall–Kier alpha value is -2.78. The van der Waals surface area contributed by atoms with Gasteiger partial charge in [0.25, 0.3) is 11.5 Å². The average Bonchev–Trinajstić information content (AvgIpc) is 3.04. The molecule has 0 aliphatic rings. The molecule has 0 spiro atoms. The molecule has 2 heterocycles. The summed E-state index contributed by atoms with van der Waals surface area (Å²) in [5.41, 5.74) is 0.622. The Balaban J connectivity index is 1.80. The first kappa shape index (κ1) is 17.1. The van der Waals surface area contributed by atoms with Crippen molar-refractivity contribution in [3.05, 3.63) is 56.7 Å². The molecule has 3 rings (SSSR count). The highest BCUT2D eigenvalue weighted by Crippen LogP contribution is 2.21. The van der Waals surface area contributed by atoms with E-state index in [0.29, 0.717) is 16.0 Å². The third-order valence-electron chi connectivity index (χ3n) is 3.57. The maximum atomic E-state index is 13.4. The molecule has 25 heavy (non-hydrogen) atoms. The highest BCUT2D eigenvalue weighted by atomic mass is 32.1. The van der Waals surface area contributed by atoms with Gasteiger partial charge in [-0.15, -0.1) is 11.3 Å². The molecular formula is C16H14FN3O4S. The molecule has 0 bridgehead atoms. The van der Waals surface area contributed by atoms with Crippen LogP contribution in [0.4, 0.5) is 4.39 Å². The van der Waals surface area contributed by atoms with Gasteiger partial charge in [0, 0.05) is 12.1 Å². The summed E-state index contributed by atoms with van der Waals surface area (Å²) < 4.78 is 18.3. The minimum Gasteiger partial charge on any atom is -0.494 e. The lowest BCUT2D eigenvalue weighted by molar-refractivity contribution is 0.0940. The zero-order valence-corrected chi connectivity index (χ0v) is 13.9. The van der Waals surface area contributed by atoms with Crippen molar-refractivity contribution in [2.45, 2.75) is 13.2 Å². The van der Waals surface area contributed by atoms with E-state index in [-0.39, 0.29) is 30.1 Å². The van der Waals surface area contributed by atoms with E-state index in [9.17, 15) is 19.1 Å². The fourth-order valence-corrected chi connectivity index (χ4v) is 3.24. The summed E-state index contributed by atoms with van der Waals surface area (Å²) in [7, 11) is 1.35. The van der Waals surface area contributed by atoms with Crippen molar-refractivity contribution in [3.63, 3.8) is 0 Å². The first-order valence-corrected chi connectivity index (χ1v) is 8.13. The number of aromatic nitrogens is 2. The Morgan fingerprint density at radius 1 is 1.48 bits per heavy atom. The van der Waals surface area contributed by atoms with Gasteiger partial charge in [0.1, 0.15) is 4.83 Å². The van der Waals surface area contributed by atoms with E-state index < -0.39 is 17.3 Å². The van der Waals surface area contributed by atoms with Crippen LogP contribution in [0.3, 0.4) is 0 Å². The number of halogens is 1. The van der Waals surface area contributed by atoms with Crippen molar-refractivity contribution in [2.75, 3.05) is 7.11 Å². The number of benzene rings is 1. The lowest BCUT2D eigenvalue weighted by Crippen LogP contribution is -2.27. The van der Waals surface area contributed by atoms with Crippen molar-refractivity contribution in [2.24, 2.45) is 0 Å². The second-order valence-electron chi connectivity index (χ2n) is 5.17. The van der Waals surface area contributed by atoms with Crippen LogP contribution in [0.15, 0.2) is 28.4 Å². The number of aromatic amines is 1. The number of nitrogens with one attached hydrogen (secondary N) is 2. The van der Waals surface area contributed by atoms with Crippen LogP contribution in [0.2, 0.25) is 0 Å². The van der Waals surface area contributed by atoms with Crippen molar-refractivity contribution >= 4 is 27.5 Å². The number of aliphatic hydroxyl groups excluding tert-OH is 1. The van der Waals surface area contributed by atoms with Gasteiger partial charge in [0.15, 0.2) is 11.6 Å². The summed E-state index contributed by atoms with van der Waals surface area (Å²) in [6, 6.07) is 4.24. The van der Waals surface area contributed by atoms with Gasteiger partial charge in [0.05, 0.1) is 19.1 Å². The maximum Gasteiger partial charge on any atom is 0.287 e. The molecule has 2 aromatic heterocycles. The van der Waals surface area contributed by atoms with E-state index in [1.807, 2.05) is 0 Å². The second kappa shape index (κ2) is 6.99. The van der Waals surface area contributed by atoms with Crippen molar-refractivity contribution in [1.82, 2.24) is 15.3 Å². The zero-order chi connectivity index (χ0) is 18.0. The minimum absolute atomic E-state index is 0.0785. The number of ether oxygens (including phenoxy) is 1. The number of hydrogen-bond donors (Lipinski definition) is 3. The van der Waals surface area contributed by atoms with Crippen LogP contribution in [0.25, 0.3) is 10.2 Å². The molecule has 0 radical (unpaired) electrons. The topological polar surface area (TPSA) is 104 Å². The SMILES string of the molecule is COc1cc(CNC(=O)c2nc3scc(CO)c3c(=O)[nH]2)ccc1F. The molecule has 3 aromatic rings. The van der Waals surface area contributed by atoms with E-state index in [4.69, 9.17) is 4.74 Å². The molecule has 1 amide bonds. The van der Waals surface area contributed by atoms with Gasteiger partial charge in [-0.25, -0.2) is 9.37 Å². The number of amides is 1. The first-order valence-electron chi connectivity index (χ1n) is 7.25. The first-order chi connectivity index (χ1) is 12.0. The molecule has 0 unspecified atom stereocenters. The Bertz CT molecular complexity index is 999. The van der Waals surface area contributed by atoms with E-state index in [2.05, 4.69) is 15.3 Å². The third-order valence-corrected chi connectivity index (χ3v) is 4.50. The van der Waals surface area contributed by atoms with Crippen LogP contribution in [0, 0.1) is 5.82 Å². The molecule has 0 saturated heterocycles. The smallest absolute Gasteiger partial charge is 0.287 e. The number of rotatable bonds is 5. The van der Waals surface area contributed by atoms with Crippen LogP contribution in [-0.4, -0.2) is 28.1 Å². The van der Waals surface area contributed by atoms with Gasteiger partial charge < -0.3 is 20.1 Å². The van der Waals surface area contributed by atoms with Crippen LogP contribution in [-0.2, 0) is 13.2 Å². The van der Waals surface area contributed by atoms with E-state index in [0.717, 1.165) is 0 Å². The predicted molar refractivity (Wildman–Crippen MR) is 90.3 cm³/mol. The Kier molecular flexibility index (Phi) is 4.77. The molecule has 0 atom stereocenters. The molecule has 0 aliphatic carbocycles. The van der Waals surface area contributed by atoms with Crippen molar-refractivity contribution < 1.29 is 19.0 Å². The maximum absolute atomic E-state index is 13.4. The van der Waals surface area contributed by atoms with Gasteiger partial charge in [-0.05, 0) is 23.1 Å². The Morgan fingerprint density at radius 3 is 3.00 bits per heavy atom. The number of methoxy groups -OCH3 is 1. The highest BCUT2D eigenvalue weighted by Gasteiger charge is 2.15. The molecule has 9 heteroatoms. The molecule has 0 saturated carbocycles. The summed E-state index contributed by atoms with van der Waals surface area (Å²) in [5, 5.41) is 13.7. The quantitative estimate of drug-likeness (QED) is 0.638. The summed E-state index contributed by atoms with van der Waals surface area (Å²) in [6.45, 7) is -0.160. The number of fused-ring (bicyclic) bond motifs is 1. The molecule has 1 aromatic carbocycles. The predicted octanol–water partition coefficient (Wildman–Crippen LogP) is 1.55. The Morgan fingerprint density at radius 2 is 2.28 bits per heavy atom. The van der Waals surface area contributed by atoms with Gasteiger partial charge in [0.2, 0.25) is 5.82 Å². The van der Waals surface area contributed by atoms with Crippen LogP contribution < -0.4 is 15.6 Å². The van der Waals surface area contributed by atoms with E-state index in [1.165, 1.54) is 36.6 Å². The highest BCUT2D eigenvalue weighted by molar-refractivity contribution is 7.16. The third kappa shape index (κ3) is 3.37. The average molecular weight is 363 g/mol. The van der Waals surface area contributed by atoms with Crippen LogP contribution in [0.5, 0.6) is 5.75 Å². The fraction of sp³-hybridized carbons (Fsp3) is 0.188. The standard InChI is InChI=1S/C16H14FN3O4S/c1-24-11-4-8(2-3-10(11)17)5-18-15(23)13-19-14(22)12-9(6-21)7-25-16(12)20-13/h2-4,7,21H,5-6H2,1H3,(H,18,23)(H,19,20,22). The minimum atomic E-state index is -0.568. The number of carbonyl (C=O) groups is 1. The van der Waals surface area contributed by atoms with Gasteiger partial charge in [-0.2, -0.15) is 0 Å². The summed E-state index contributed by atoms with van der Waals surface area (Å²) in [4.78, 5) is 31.2. The largest absolute Gasteiger partial charge is 0.494 e. The van der Waals surface area contributed by atoms with Crippen LogP contribution >= 0.6 is 11.3 Å². The second-order valence-corrected chi connectivity index (χ2v) is 6.02. The van der Waals surface area contributed by atoms with E-state index in [1.54, 1.807) is 5.38 Å². The summed E-state index contributed by atoms with van der Waals surface area (Å²) >= 11 is 1.18. The molecule has 0 fully saturated rings. The van der Waals surface area contributed by atoms with Crippen molar-refractivity contribution in [3.8, 4) is 5.75 Å². The molecule has 0 aliphatic heterocycles. The number of carbonyl (C=O) groups excluding carboxylic acids is 1. The number of H-pyrrole nitrogens is 1. The van der Waals surface area contributed by atoms with Gasteiger partial charge in [-0.3, -0.25) is 9.59 Å². The van der Waals surface area contributed by atoms with Crippen molar-refractivity contribution in [1.29, 1.82) is 0 Å². The molecule has 3 N–H and O–H groups in total. The van der Waals surface area contributed by atoms with E-state index >= 15 is 0 Å². The van der Waals surface area contributed by atoms with Crippen LogP contribution in [0.1, 0.15) is 21.7 Å². The monoisotopic (exact) mass is 363 g/mol. The summed E-state index contributed by atoms with van der Waals surface area (Å²) in [6.07, 6.45) is 0. The lowest BCUT2D eigenvalue weighted by Gasteiger charge is -2.07. The Labute approximate surface area is 145 Å². The number of aliphatic hydroxyl groups is 1. The number of hydrogen-bond acceptors (Lipinski definition) is 6. The number of nitrogens with zero attached hydrogens (tertiary/aromatic N) is 1. The lowest BCUT2D eigenvalue weighted by atomic mass is 10.2. The molecule has 130 valence electrons. The van der Waals surface area contributed by atoms with Gasteiger partial charge >= 0.3 is 0 Å². The molecular weight excluding hydrogens is 349 g/mol. The molecule has 7 nitrogen and oxygen atoms in total. The van der Waals surface area contributed by atoms with Gasteiger partial charge in [-0.1, -0.05) is 6.07 Å². The number of thiophene rings is 1. The fourth-order valence-electron chi connectivity index (χ4n) is 2.31. The summed E-state index contributed by atoms with van der Waals surface area (Å²) in [5.74, 6) is -1.11. The normalized spacial score (nSPS) is 10.8. The zero-order valence-electron chi connectivity index (χ0n) is 13.1.